The van der Waals surface area contributed by atoms with Crippen molar-refractivity contribution < 1.29 is 4.79 Å². The van der Waals surface area contributed by atoms with Crippen LogP contribution >= 0.6 is 23.2 Å². The molecule has 62 valence electrons. The minimum atomic E-state index is 0.0524. The summed E-state index contributed by atoms with van der Waals surface area (Å²) >= 11 is 10.9. The summed E-state index contributed by atoms with van der Waals surface area (Å²) in [5.41, 5.74) is 0.0524. The van der Waals surface area contributed by atoms with E-state index in [0.29, 0.717) is 0 Å². The molecule has 2 unspecified atom stereocenters. The summed E-state index contributed by atoms with van der Waals surface area (Å²) in [6, 6.07) is 0. The molecule has 0 saturated heterocycles. The molecule has 0 bridgehead atoms. The minimum absolute atomic E-state index is 0.0524. The molecule has 11 heavy (non-hydrogen) atoms. The van der Waals surface area contributed by atoms with E-state index < -0.39 is 0 Å². The van der Waals surface area contributed by atoms with Gasteiger partial charge in [0, 0.05) is 5.92 Å². The summed E-state index contributed by atoms with van der Waals surface area (Å²) in [6.07, 6.45) is 2.71. The van der Waals surface area contributed by atoms with Gasteiger partial charge in [-0.3, -0.25) is 0 Å². The summed E-state index contributed by atoms with van der Waals surface area (Å²) in [6.45, 7) is 4.06. The van der Waals surface area contributed by atoms with Gasteiger partial charge >= 0.3 is 0 Å². The van der Waals surface area contributed by atoms with Crippen molar-refractivity contribution in [3.05, 3.63) is 10.6 Å². The predicted octanol–water partition coefficient (Wildman–Crippen LogP) is 2.78. The molecule has 1 saturated carbocycles. The third-order valence-corrected chi connectivity index (χ3v) is 2.70. The first kappa shape index (κ1) is 9.08. The molecular weight excluding hydrogens is 183 g/mol. The van der Waals surface area contributed by atoms with Crippen LogP contribution in [0.15, 0.2) is 10.6 Å². The van der Waals surface area contributed by atoms with Gasteiger partial charge in [0.1, 0.15) is 10.8 Å². The van der Waals surface area contributed by atoms with Gasteiger partial charge in [-0.2, -0.15) is 0 Å². The van der Waals surface area contributed by atoms with Crippen molar-refractivity contribution in [2.75, 3.05) is 0 Å². The number of carbonyl (C=O) groups excluding carboxylic acids is 1. The van der Waals surface area contributed by atoms with Crippen molar-refractivity contribution in [3.8, 4) is 0 Å². The maximum atomic E-state index is 10.5. The highest BCUT2D eigenvalue weighted by Crippen LogP contribution is 2.58. The van der Waals surface area contributed by atoms with Crippen LogP contribution in [0.1, 0.15) is 13.8 Å². The monoisotopic (exact) mass is 192 g/mol. The smallest absolute Gasteiger partial charge is 0.124 e. The molecule has 0 aliphatic heterocycles. The molecule has 0 aromatic rings. The first-order chi connectivity index (χ1) is 5.00. The molecule has 1 rings (SSSR count). The second-order valence-electron chi connectivity index (χ2n) is 3.47. The molecule has 0 radical (unpaired) electrons. The molecule has 2 atom stereocenters. The van der Waals surface area contributed by atoms with E-state index in [-0.39, 0.29) is 21.7 Å². The van der Waals surface area contributed by atoms with Crippen LogP contribution < -0.4 is 0 Å². The Balaban J connectivity index is 2.67. The highest BCUT2D eigenvalue weighted by molar-refractivity contribution is 6.55. The van der Waals surface area contributed by atoms with E-state index in [2.05, 4.69) is 0 Å². The Bertz CT molecular complexity index is 204. The van der Waals surface area contributed by atoms with Crippen LogP contribution in [0, 0.1) is 17.3 Å². The van der Waals surface area contributed by atoms with E-state index in [4.69, 9.17) is 23.2 Å². The quantitative estimate of drug-likeness (QED) is 0.616. The number of hydrogen-bond donors (Lipinski definition) is 0. The van der Waals surface area contributed by atoms with Crippen molar-refractivity contribution in [2.24, 2.45) is 17.3 Å². The number of carbonyl (C=O) groups is 1. The molecule has 0 amide bonds. The maximum absolute atomic E-state index is 10.5. The van der Waals surface area contributed by atoms with Crippen molar-refractivity contribution in [1.82, 2.24) is 0 Å². The minimum Gasteiger partial charge on any atom is -0.303 e. The number of aldehydes is 1. The molecule has 0 heterocycles. The summed E-state index contributed by atoms with van der Waals surface area (Å²) in [5, 5.41) is 0. The van der Waals surface area contributed by atoms with E-state index in [9.17, 15) is 4.79 Å². The Hall–Kier alpha value is -0.0100. The van der Waals surface area contributed by atoms with Gasteiger partial charge in [-0.1, -0.05) is 37.0 Å². The van der Waals surface area contributed by atoms with E-state index in [1.807, 2.05) is 13.8 Å². The molecule has 1 aliphatic carbocycles. The number of rotatable bonds is 2. The lowest BCUT2D eigenvalue weighted by atomic mass is 10.1. The summed E-state index contributed by atoms with van der Waals surface area (Å²) in [4.78, 5) is 10.5. The highest BCUT2D eigenvalue weighted by atomic mass is 35.5. The lowest BCUT2D eigenvalue weighted by Gasteiger charge is -1.95. The number of halogens is 2. The van der Waals surface area contributed by atoms with Gasteiger partial charge in [0.2, 0.25) is 0 Å². The van der Waals surface area contributed by atoms with Crippen molar-refractivity contribution in [3.63, 3.8) is 0 Å². The molecule has 1 nitrogen and oxygen atoms in total. The lowest BCUT2D eigenvalue weighted by molar-refractivity contribution is -0.109. The van der Waals surface area contributed by atoms with Crippen LogP contribution in [0.25, 0.3) is 0 Å². The van der Waals surface area contributed by atoms with Crippen LogP contribution in [0.2, 0.25) is 0 Å². The van der Waals surface area contributed by atoms with Crippen LogP contribution in [-0.4, -0.2) is 6.29 Å². The zero-order chi connectivity index (χ0) is 8.65. The second-order valence-corrected chi connectivity index (χ2v) is 4.47. The van der Waals surface area contributed by atoms with E-state index >= 15 is 0 Å². The Morgan fingerprint density at radius 3 is 2.18 bits per heavy atom. The molecule has 0 spiro atoms. The van der Waals surface area contributed by atoms with Gasteiger partial charge in [-0.05, 0) is 17.4 Å². The fourth-order valence-corrected chi connectivity index (χ4v) is 1.70. The first-order valence-corrected chi connectivity index (χ1v) is 4.24. The third-order valence-electron chi connectivity index (χ3n) is 2.45. The average molecular weight is 193 g/mol. The van der Waals surface area contributed by atoms with Crippen molar-refractivity contribution in [2.45, 2.75) is 13.8 Å². The third kappa shape index (κ3) is 1.60. The van der Waals surface area contributed by atoms with Gasteiger partial charge in [-0.15, -0.1) is 0 Å². The maximum Gasteiger partial charge on any atom is 0.124 e. The molecule has 0 N–H and O–H groups in total. The standard InChI is InChI=1S/C8H10Cl2O/c1-8(2)5(3-7(9)10)6(8)4-11/h3-6H,1-2H3. The Kier molecular flexibility index (Phi) is 2.31. The van der Waals surface area contributed by atoms with E-state index in [0.717, 1.165) is 6.29 Å². The van der Waals surface area contributed by atoms with Crippen LogP contribution in [0.5, 0.6) is 0 Å². The van der Waals surface area contributed by atoms with E-state index in [1.54, 1.807) is 6.08 Å². The first-order valence-electron chi connectivity index (χ1n) is 3.48. The van der Waals surface area contributed by atoms with Gasteiger partial charge in [-0.25, -0.2) is 0 Å². The Labute approximate surface area is 76.4 Å². The topological polar surface area (TPSA) is 17.1 Å². The molecule has 1 fully saturated rings. The van der Waals surface area contributed by atoms with Crippen LogP contribution in [0.3, 0.4) is 0 Å². The molecule has 0 aromatic heterocycles. The second kappa shape index (κ2) is 2.80. The number of allylic oxidation sites excluding steroid dienone is 1. The molecular formula is C8H10Cl2O. The fraction of sp³-hybridized carbons (Fsp3) is 0.625. The fourth-order valence-electron chi connectivity index (χ4n) is 1.43. The summed E-state index contributed by atoms with van der Waals surface area (Å²) in [7, 11) is 0. The Morgan fingerprint density at radius 2 is 1.91 bits per heavy atom. The Morgan fingerprint density at radius 1 is 1.36 bits per heavy atom. The van der Waals surface area contributed by atoms with E-state index in [1.165, 1.54) is 0 Å². The van der Waals surface area contributed by atoms with Crippen LogP contribution in [0.4, 0.5) is 0 Å². The summed E-state index contributed by atoms with van der Waals surface area (Å²) < 4.78 is 0.257. The van der Waals surface area contributed by atoms with Gasteiger partial charge in [0.25, 0.3) is 0 Å². The summed E-state index contributed by atoms with van der Waals surface area (Å²) in [5.74, 6) is 0.319. The molecule has 3 heteroatoms. The van der Waals surface area contributed by atoms with Crippen molar-refractivity contribution >= 4 is 29.5 Å². The molecule has 1 aliphatic rings. The highest BCUT2D eigenvalue weighted by Gasteiger charge is 2.56. The lowest BCUT2D eigenvalue weighted by Crippen LogP contribution is -1.89. The normalized spacial score (nSPS) is 32.7. The largest absolute Gasteiger partial charge is 0.303 e. The average Bonchev–Trinajstić information content (AvgIpc) is 2.33. The van der Waals surface area contributed by atoms with Crippen molar-refractivity contribution in [1.29, 1.82) is 0 Å². The predicted molar refractivity (Wildman–Crippen MR) is 46.6 cm³/mol. The zero-order valence-electron chi connectivity index (χ0n) is 6.47. The van der Waals surface area contributed by atoms with Gasteiger partial charge < -0.3 is 4.79 Å². The number of hydrogen-bond acceptors (Lipinski definition) is 1. The van der Waals surface area contributed by atoms with Gasteiger partial charge in [0.05, 0.1) is 0 Å². The van der Waals surface area contributed by atoms with Crippen LogP contribution in [-0.2, 0) is 4.79 Å². The molecule has 0 aromatic carbocycles. The SMILES string of the molecule is CC1(C)C(C=O)C1C=C(Cl)Cl. The zero-order valence-corrected chi connectivity index (χ0v) is 7.99. The van der Waals surface area contributed by atoms with Gasteiger partial charge in [0.15, 0.2) is 0 Å².